The highest BCUT2D eigenvalue weighted by Crippen LogP contribution is 2.39. The highest BCUT2D eigenvalue weighted by molar-refractivity contribution is 7.80. The second-order valence-electron chi connectivity index (χ2n) is 9.01. The summed E-state index contributed by atoms with van der Waals surface area (Å²) in [7, 11) is 3.24. The summed E-state index contributed by atoms with van der Waals surface area (Å²) in [6, 6.07) is 17.6. The average molecular weight is 530 g/mol. The number of hydrogen-bond acceptors (Lipinski definition) is 6. The van der Waals surface area contributed by atoms with Crippen LogP contribution in [0, 0.1) is 17.8 Å². The van der Waals surface area contributed by atoms with Crippen molar-refractivity contribution in [2.24, 2.45) is 29.2 Å². The van der Waals surface area contributed by atoms with E-state index in [1.54, 1.807) is 14.2 Å². The van der Waals surface area contributed by atoms with E-state index < -0.39 is 17.7 Å². The Balaban J connectivity index is 2.44. The van der Waals surface area contributed by atoms with Crippen molar-refractivity contribution in [3.63, 3.8) is 0 Å². The van der Waals surface area contributed by atoms with Crippen LogP contribution < -0.4 is 21.5 Å². The van der Waals surface area contributed by atoms with E-state index >= 15 is 0 Å². The summed E-state index contributed by atoms with van der Waals surface area (Å²) in [6.45, 7) is 3.96. The number of nitrogens with two attached hydrogens (primary N) is 2. The number of carbonyl (C=O) groups excluding carboxylic acids is 2. The zero-order valence-electron chi connectivity index (χ0n) is 21.9. The third-order valence-electron chi connectivity index (χ3n) is 6.55. The number of amides is 2. The quantitative estimate of drug-likeness (QED) is 0.212. The number of ether oxygens (including phenoxy) is 3. The number of benzene rings is 2. The van der Waals surface area contributed by atoms with E-state index in [1.165, 1.54) is 0 Å². The van der Waals surface area contributed by atoms with E-state index in [0.717, 1.165) is 16.9 Å². The molecule has 2 aromatic rings. The van der Waals surface area contributed by atoms with Gasteiger partial charge < -0.3 is 31.0 Å². The smallest absolute Gasteiger partial charge is 0.221 e. The molecule has 37 heavy (non-hydrogen) atoms. The first-order chi connectivity index (χ1) is 17.8. The first kappa shape index (κ1) is 30.2. The van der Waals surface area contributed by atoms with Crippen LogP contribution in [0.25, 0.3) is 0 Å². The van der Waals surface area contributed by atoms with Crippen LogP contribution in [-0.4, -0.2) is 57.4 Å². The fraction of sp³-hybridized carbons (Fsp3) is 0.464. The Morgan fingerprint density at radius 3 is 2.19 bits per heavy atom. The molecule has 202 valence electrons. The molecule has 0 aliphatic heterocycles. The van der Waals surface area contributed by atoms with Crippen LogP contribution in [0.2, 0.25) is 0 Å². The molecule has 2 rings (SSSR count). The van der Waals surface area contributed by atoms with Gasteiger partial charge in [0.1, 0.15) is 5.75 Å². The number of thiocarbonyl (C=S) groups is 1. The fourth-order valence-electron chi connectivity index (χ4n) is 4.64. The van der Waals surface area contributed by atoms with E-state index in [4.69, 9.17) is 37.9 Å². The molecule has 0 heterocycles. The summed E-state index contributed by atoms with van der Waals surface area (Å²) >= 11 is 5.90. The molecule has 0 saturated carbocycles. The summed E-state index contributed by atoms with van der Waals surface area (Å²) in [4.78, 5) is 25.3. The molecule has 0 aliphatic rings. The minimum Gasteiger partial charge on any atom is -0.497 e. The van der Waals surface area contributed by atoms with Crippen LogP contribution in [0.15, 0.2) is 54.6 Å². The summed E-state index contributed by atoms with van der Waals surface area (Å²) in [6.07, 6.45) is 0.379. The lowest BCUT2D eigenvalue weighted by atomic mass is 9.68. The predicted molar refractivity (Wildman–Crippen MR) is 148 cm³/mol. The van der Waals surface area contributed by atoms with Crippen LogP contribution >= 0.6 is 12.2 Å². The van der Waals surface area contributed by atoms with E-state index in [0.29, 0.717) is 37.8 Å². The standard InChI is InChI=1S/C28H39N3O5S/c1-19(21-7-5-4-6-8-21)26(23(27(30)33)18-25(29)32)24(17-20-9-11-22(35-3)12-10-20)28(37)31-13-14-36-16-15-34-2/h4-12,19,23-24,26H,13-18H2,1-3H3,(H2,29,32)(H2,30,33)(H,31,37)/t19?,23-,24+,26?/m1/s1. The molecule has 0 aliphatic carbocycles. The van der Waals surface area contributed by atoms with Gasteiger partial charge in [0.15, 0.2) is 0 Å². The number of carbonyl (C=O) groups is 2. The lowest BCUT2D eigenvalue weighted by Gasteiger charge is -2.37. The Kier molecular flexibility index (Phi) is 13.0. The van der Waals surface area contributed by atoms with Crippen molar-refractivity contribution < 1.29 is 23.8 Å². The summed E-state index contributed by atoms with van der Waals surface area (Å²) in [5, 5.41) is 3.31. The molecule has 2 unspecified atom stereocenters. The van der Waals surface area contributed by atoms with Gasteiger partial charge in [-0.25, -0.2) is 0 Å². The van der Waals surface area contributed by atoms with Crippen molar-refractivity contribution in [1.29, 1.82) is 0 Å². The van der Waals surface area contributed by atoms with E-state index in [9.17, 15) is 9.59 Å². The molecule has 4 atom stereocenters. The van der Waals surface area contributed by atoms with Crippen molar-refractivity contribution in [3.8, 4) is 5.75 Å². The summed E-state index contributed by atoms with van der Waals surface area (Å²) < 4.78 is 15.9. The maximum Gasteiger partial charge on any atom is 0.221 e. The Labute approximate surface area is 225 Å². The van der Waals surface area contributed by atoms with Gasteiger partial charge in [0.25, 0.3) is 0 Å². The van der Waals surface area contributed by atoms with Crippen LogP contribution in [-0.2, 0) is 25.5 Å². The largest absolute Gasteiger partial charge is 0.497 e. The monoisotopic (exact) mass is 529 g/mol. The number of methoxy groups -OCH3 is 2. The van der Waals surface area contributed by atoms with Crippen molar-refractivity contribution in [2.75, 3.05) is 40.6 Å². The highest BCUT2D eigenvalue weighted by atomic mass is 32.1. The predicted octanol–water partition coefficient (Wildman–Crippen LogP) is 2.83. The van der Waals surface area contributed by atoms with Crippen molar-refractivity contribution in [2.45, 2.75) is 25.7 Å². The van der Waals surface area contributed by atoms with E-state index in [-0.39, 0.29) is 24.2 Å². The fourth-order valence-corrected chi connectivity index (χ4v) is 4.98. The first-order valence-electron chi connectivity index (χ1n) is 12.4. The summed E-state index contributed by atoms with van der Waals surface area (Å²) in [5.74, 6) is -2.04. The third-order valence-corrected chi connectivity index (χ3v) is 6.99. The zero-order chi connectivity index (χ0) is 27.2. The Morgan fingerprint density at radius 2 is 1.62 bits per heavy atom. The number of hydrogen-bond donors (Lipinski definition) is 3. The van der Waals surface area contributed by atoms with Crippen LogP contribution in [0.1, 0.15) is 30.4 Å². The maximum absolute atomic E-state index is 12.7. The molecule has 2 aromatic carbocycles. The van der Waals surface area contributed by atoms with E-state index in [1.807, 2.05) is 61.5 Å². The molecule has 0 fully saturated rings. The molecule has 0 bridgehead atoms. The normalized spacial score (nSPS) is 14.2. The topological polar surface area (TPSA) is 126 Å². The zero-order valence-corrected chi connectivity index (χ0v) is 22.7. The van der Waals surface area contributed by atoms with Gasteiger partial charge in [0.2, 0.25) is 11.8 Å². The molecule has 8 nitrogen and oxygen atoms in total. The molecule has 2 amide bonds. The Hall–Kier alpha value is -3.01. The Morgan fingerprint density at radius 1 is 0.946 bits per heavy atom. The van der Waals surface area contributed by atoms with Crippen LogP contribution in [0.5, 0.6) is 5.75 Å². The number of rotatable bonds is 17. The minimum atomic E-state index is -0.798. The van der Waals surface area contributed by atoms with Gasteiger partial charge in [-0.3, -0.25) is 9.59 Å². The second kappa shape index (κ2) is 16.0. The molecule has 0 radical (unpaired) electrons. The molecular formula is C28H39N3O5S. The van der Waals surface area contributed by atoms with Crippen LogP contribution in [0.3, 0.4) is 0 Å². The van der Waals surface area contributed by atoms with Crippen molar-refractivity contribution in [1.82, 2.24) is 5.32 Å². The van der Waals surface area contributed by atoms with Gasteiger partial charge in [0.05, 0.1) is 37.8 Å². The molecular weight excluding hydrogens is 490 g/mol. The third kappa shape index (κ3) is 9.76. The average Bonchev–Trinajstić information content (AvgIpc) is 2.90. The minimum absolute atomic E-state index is 0.140. The van der Waals surface area contributed by atoms with Gasteiger partial charge in [-0.2, -0.15) is 0 Å². The molecule has 0 spiro atoms. The van der Waals surface area contributed by atoms with Gasteiger partial charge >= 0.3 is 0 Å². The lowest BCUT2D eigenvalue weighted by Crippen LogP contribution is -2.45. The first-order valence-corrected chi connectivity index (χ1v) is 12.8. The van der Waals surface area contributed by atoms with Crippen LogP contribution in [0.4, 0.5) is 0 Å². The van der Waals surface area contributed by atoms with Crippen molar-refractivity contribution >= 4 is 29.0 Å². The SMILES string of the molecule is COCCOCCNC(=S)[C@@H](Cc1ccc(OC)cc1)C(C(C)c1ccccc1)[C@@H](CC(N)=O)C(N)=O. The number of primary amides is 2. The lowest BCUT2D eigenvalue weighted by molar-refractivity contribution is -0.129. The molecule has 5 N–H and O–H groups in total. The molecule has 0 saturated heterocycles. The van der Waals surface area contributed by atoms with Gasteiger partial charge in [-0.15, -0.1) is 0 Å². The summed E-state index contributed by atoms with van der Waals surface area (Å²) in [5.41, 5.74) is 13.5. The van der Waals surface area contributed by atoms with Gasteiger partial charge in [-0.1, -0.05) is 61.6 Å². The Bertz CT molecular complexity index is 987. The van der Waals surface area contributed by atoms with Gasteiger partial charge in [0, 0.05) is 26.0 Å². The maximum atomic E-state index is 12.7. The van der Waals surface area contributed by atoms with E-state index in [2.05, 4.69) is 5.32 Å². The molecule has 9 heteroatoms. The highest BCUT2D eigenvalue weighted by Gasteiger charge is 2.40. The van der Waals surface area contributed by atoms with Crippen molar-refractivity contribution in [3.05, 3.63) is 65.7 Å². The number of nitrogens with one attached hydrogen (secondary N) is 1. The molecule has 0 aromatic heterocycles. The second-order valence-corrected chi connectivity index (χ2v) is 9.45. The van der Waals surface area contributed by atoms with Gasteiger partial charge in [-0.05, 0) is 41.5 Å².